The minimum Gasteiger partial charge on any atom is -0.481 e. The van der Waals surface area contributed by atoms with Gasteiger partial charge in [-0.3, -0.25) is 4.79 Å². The molecule has 1 fully saturated rings. The monoisotopic (exact) mass is 283 g/mol. The van der Waals surface area contributed by atoms with Crippen LogP contribution in [0.1, 0.15) is 26.2 Å². The number of halogens is 1. The first kappa shape index (κ1) is 14.2. The minimum absolute atomic E-state index is 0.236. The van der Waals surface area contributed by atoms with E-state index in [1.807, 2.05) is 0 Å². The van der Waals surface area contributed by atoms with Crippen LogP contribution in [0.2, 0.25) is 5.02 Å². The third-order valence-corrected chi connectivity index (χ3v) is 3.59. The molecule has 0 spiro atoms. The number of ether oxygens (including phenoxy) is 1. The molecule has 1 aromatic carbocycles. The smallest absolute Gasteiger partial charge is 0.260 e. The molecule has 0 bridgehead atoms. The van der Waals surface area contributed by atoms with Gasteiger partial charge in [0.05, 0.1) is 5.60 Å². The van der Waals surface area contributed by atoms with Crippen LogP contribution < -0.4 is 10.1 Å². The minimum atomic E-state index is -0.717. The van der Waals surface area contributed by atoms with Gasteiger partial charge in [-0.05, 0) is 44.4 Å². The summed E-state index contributed by atoms with van der Waals surface area (Å²) in [4.78, 5) is 11.8. The van der Waals surface area contributed by atoms with Gasteiger partial charge in [0.15, 0.2) is 6.10 Å². The Morgan fingerprint density at radius 3 is 2.89 bits per heavy atom. The Balaban J connectivity index is 1.82. The Morgan fingerprint density at radius 2 is 2.32 bits per heavy atom. The van der Waals surface area contributed by atoms with Crippen LogP contribution in [-0.2, 0) is 4.79 Å². The lowest BCUT2D eigenvalue weighted by atomic mass is 9.80. The van der Waals surface area contributed by atoms with Crippen molar-refractivity contribution in [3.05, 3.63) is 29.3 Å². The van der Waals surface area contributed by atoms with E-state index in [0.29, 0.717) is 10.8 Å². The van der Waals surface area contributed by atoms with Crippen molar-refractivity contribution in [1.82, 2.24) is 5.32 Å². The largest absolute Gasteiger partial charge is 0.481 e. The number of amides is 1. The average molecular weight is 284 g/mol. The van der Waals surface area contributed by atoms with Crippen molar-refractivity contribution in [1.29, 1.82) is 0 Å². The molecule has 0 saturated heterocycles. The SMILES string of the molecule is CC(Oc1cccc(Cl)c1)C(=O)NCC1(O)CCC1. The van der Waals surface area contributed by atoms with E-state index in [-0.39, 0.29) is 12.5 Å². The fraction of sp³-hybridized carbons (Fsp3) is 0.500. The first-order valence-electron chi connectivity index (χ1n) is 6.41. The van der Waals surface area contributed by atoms with E-state index in [4.69, 9.17) is 16.3 Å². The van der Waals surface area contributed by atoms with Crippen LogP contribution in [-0.4, -0.2) is 29.3 Å². The van der Waals surface area contributed by atoms with Gasteiger partial charge in [0.25, 0.3) is 5.91 Å². The van der Waals surface area contributed by atoms with Gasteiger partial charge in [-0.15, -0.1) is 0 Å². The Kier molecular flexibility index (Phi) is 4.32. The number of benzene rings is 1. The highest BCUT2D eigenvalue weighted by Gasteiger charge is 2.34. The van der Waals surface area contributed by atoms with Gasteiger partial charge in [-0.2, -0.15) is 0 Å². The predicted molar refractivity (Wildman–Crippen MR) is 73.4 cm³/mol. The molecular weight excluding hydrogens is 266 g/mol. The molecule has 2 N–H and O–H groups in total. The van der Waals surface area contributed by atoms with Gasteiger partial charge in [0, 0.05) is 11.6 Å². The quantitative estimate of drug-likeness (QED) is 0.870. The van der Waals surface area contributed by atoms with Gasteiger partial charge in [-0.25, -0.2) is 0 Å². The maximum Gasteiger partial charge on any atom is 0.260 e. The summed E-state index contributed by atoms with van der Waals surface area (Å²) >= 11 is 5.84. The number of rotatable bonds is 5. The lowest BCUT2D eigenvalue weighted by Crippen LogP contribution is -2.50. The van der Waals surface area contributed by atoms with Crippen LogP contribution in [0.4, 0.5) is 0 Å². The molecule has 2 rings (SSSR count). The Morgan fingerprint density at radius 1 is 1.58 bits per heavy atom. The molecule has 0 aromatic heterocycles. The molecule has 0 aliphatic heterocycles. The van der Waals surface area contributed by atoms with Crippen molar-refractivity contribution in [3.63, 3.8) is 0 Å². The van der Waals surface area contributed by atoms with E-state index in [9.17, 15) is 9.90 Å². The zero-order chi connectivity index (χ0) is 13.9. The summed E-state index contributed by atoms with van der Waals surface area (Å²) in [5, 5.41) is 13.2. The second kappa shape index (κ2) is 5.80. The summed E-state index contributed by atoms with van der Waals surface area (Å²) in [6.07, 6.45) is 1.89. The molecule has 4 nitrogen and oxygen atoms in total. The van der Waals surface area contributed by atoms with Crippen molar-refractivity contribution in [2.75, 3.05) is 6.54 Å². The van der Waals surface area contributed by atoms with Gasteiger partial charge < -0.3 is 15.2 Å². The molecule has 1 atom stereocenters. The molecule has 1 aliphatic carbocycles. The molecule has 0 heterocycles. The molecule has 1 saturated carbocycles. The fourth-order valence-electron chi connectivity index (χ4n) is 1.95. The standard InChI is InChI=1S/C14H18ClNO3/c1-10(19-12-5-2-4-11(15)8-12)13(17)16-9-14(18)6-3-7-14/h2,4-5,8,10,18H,3,6-7,9H2,1H3,(H,16,17). The second-order valence-corrected chi connectivity index (χ2v) is 5.45. The lowest BCUT2D eigenvalue weighted by molar-refractivity contribution is -0.129. The van der Waals surface area contributed by atoms with Crippen molar-refractivity contribution in [3.8, 4) is 5.75 Å². The molecule has 1 unspecified atom stereocenters. The summed E-state index contributed by atoms with van der Waals surface area (Å²) in [7, 11) is 0. The van der Waals surface area contributed by atoms with Crippen molar-refractivity contribution in [2.24, 2.45) is 0 Å². The van der Waals surface area contributed by atoms with Crippen LogP contribution in [0, 0.1) is 0 Å². The van der Waals surface area contributed by atoms with Gasteiger partial charge in [0.1, 0.15) is 5.75 Å². The molecular formula is C14H18ClNO3. The van der Waals surface area contributed by atoms with E-state index < -0.39 is 11.7 Å². The summed E-state index contributed by atoms with van der Waals surface area (Å²) in [6, 6.07) is 6.91. The molecule has 5 heteroatoms. The van der Waals surface area contributed by atoms with E-state index in [0.717, 1.165) is 19.3 Å². The van der Waals surface area contributed by atoms with Crippen molar-refractivity contribution >= 4 is 17.5 Å². The first-order valence-corrected chi connectivity index (χ1v) is 6.79. The number of aliphatic hydroxyl groups is 1. The summed E-state index contributed by atoms with van der Waals surface area (Å²) < 4.78 is 5.50. The van der Waals surface area contributed by atoms with Crippen LogP contribution in [0.5, 0.6) is 5.75 Å². The highest BCUT2D eigenvalue weighted by atomic mass is 35.5. The second-order valence-electron chi connectivity index (χ2n) is 5.01. The van der Waals surface area contributed by atoms with E-state index >= 15 is 0 Å². The van der Waals surface area contributed by atoms with Gasteiger partial charge >= 0.3 is 0 Å². The Labute approximate surface area is 117 Å². The topological polar surface area (TPSA) is 58.6 Å². The molecule has 104 valence electrons. The average Bonchev–Trinajstić information content (AvgIpc) is 2.33. The number of carbonyl (C=O) groups is 1. The molecule has 1 aliphatic rings. The van der Waals surface area contributed by atoms with Gasteiger partial charge in [0.2, 0.25) is 0 Å². The Hall–Kier alpha value is -1.26. The van der Waals surface area contributed by atoms with Crippen LogP contribution >= 0.6 is 11.6 Å². The molecule has 1 amide bonds. The number of hydrogen-bond acceptors (Lipinski definition) is 3. The lowest BCUT2D eigenvalue weighted by Gasteiger charge is -2.36. The number of nitrogens with one attached hydrogen (secondary N) is 1. The summed E-state index contributed by atoms with van der Waals surface area (Å²) in [5.74, 6) is 0.317. The van der Waals surface area contributed by atoms with Gasteiger partial charge in [-0.1, -0.05) is 17.7 Å². The third-order valence-electron chi connectivity index (χ3n) is 3.35. The van der Waals surface area contributed by atoms with E-state index in [2.05, 4.69) is 5.32 Å². The highest BCUT2D eigenvalue weighted by molar-refractivity contribution is 6.30. The van der Waals surface area contributed by atoms with Crippen LogP contribution in [0.25, 0.3) is 0 Å². The number of hydrogen-bond donors (Lipinski definition) is 2. The first-order chi connectivity index (χ1) is 8.98. The zero-order valence-electron chi connectivity index (χ0n) is 10.9. The highest BCUT2D eigenvalue weighted by Crippen LogP contribution is 2.30. The maximum atomic E-state index is 11.8. The van der Waals surface area contributed by atoms with Crippen LogP contribution in [0.15, 0.2) is 24.3 Å². The Bertz CT molecular complexity index is 460. The van der Waals surface area contributed by atoms with Crippen LogP contribution in [0.3, 0.4) is 0 Å². The van der Waals surface area contributed by atoms with E-state index in [1.54, 1.807) is 31.2 Å². The van der Waals surface area contributed by atoms with E-state index in [1.165, 1.54) is 0 Å². The maximum absolute atomic E-state index is 11.8. The summed E-state index contributed by atoms with van der Waals surface area (Å²) in [6.45, 7) is 1.95. The van der Waals surface area contributed by atoms with Crippen molar-refractivity contribution < 1.29 is 14.6 Å². The summed E-state index contributed by atoms with van der Waals surface area (Å²) in [5.41, 5.74) is -0.717. The number of carbonyl (C=O) groups excluding carboxylic acids is 1. The molecule has 19 heavy (non-hydrogen) atoms. The van der Waals surface area contributed by atoms with Crippen molar-refractivity contribution in [2.45, 2.75) is 37.9 Å². The normalized spacial score (nSPS) is 18.3. The predicted octanol–water partition coefficient (Wildman–Crippen LogP) is 2.14. The zero-order valence-corrected chi connectivity index (χ0v) is 11.6. The fourth-order valence-corrected chi connectivity index (χ4v) is 2.14. The molecule has 0 radical (unpaired) electrons. The third kappa shape index (κ3) is 3.85. The molecule has 1 aromatic rings.